The van der Waals surface area contributed by atoms with Gasteiger partial charge in [0, 0.05) is 16.8 Å². The van der Waals surface area contributed by atoms with E-state index in [4.69, 9.17) is 0 Å². The van der Waals surface area contributed by atoms with Gasteiger partial charge in [0.15, 0.2) is 0 Å². The van der Waals surface area contributed by atoms with E-state index in [1.807, 2.05) is 0 Å². The van der Waals surface area contributed by atoms with Gasteiger partial charge in [0.05, 0.1) is 5.54 Å². The molecule has 7 aromatic carbocycles. The van der Waals surface area contributed by atoms with E-state index in [0.717, 1.165) is 0 Å². The van der Waals surface area contributed by atoms with Crippen LogP contribution in [0.2, 0.25) is 0 Å². The third kappa shape index (κ3) is 3.91. The van der Waals surface area contributed by atoms with Crippen LogP contribution in [0.25, 0.3) is 54.6 Å². The van der Waals surface area contributed by atoms with E-state index in [1.54, 1.807) is 0 Å². The van der Waals surface area contributed by atoms with Crippen LogP contribution < -0.4 is 4.90 Å². The Labute approximate surface area is 284 Å². The van der Waals surface area contributed by atoms with Crippen LogP contribution in [0.1, 0.15) is 58.9 Å². The van der Waals surface area contributed by atoms with Crippen molar-refractivity contribution in [2.45, 2.75) is 64.3 Å². The zero-order valence-electron chi connectivity index (χ0n) is 28.6. The average Bonchev–Trinajstić information content (AvgIpc) is 3.36. The Morgan fingerprint density at radius 3 is 1.77 bits per heavy atom. The van der Waals surface area contributed by atoms with Crippen molar-refractivity contribution in [3.05, 3.63) is 145 Å². The molecule has 2 unspecified atom stereocenters. The number of rotatable bonds is 3. The number of fused-ring (bicyclic) bond motifs is 6. The predicted octanol–water partition coefficient (Wildman–Crippen LogP) is 13.2. The minimum atomic E-state index is -0.0249. The van der Waals surface area contributed by atoms with Gasteiger partial charge in [-0.05, 0) is 103 Å². The first-order valence-electron chi connectivity index (χ1n) is 17.8. The van der Waals surface area contributed by atoms with Gasteiger partial charge in [-0.15, -0.1) is 0 Å². The highest BCUT2D eigenvalue weighted by Crippen LogP contribution is 2.66. The van der Waals surface area contributed by atoms with Crippen molar-refractivity contribution < 1.29 is 0 Å². The summed E-state index contributed by atoms with van der Waals surface area (Å²) in [6, 6.07) is 52.4. The summed E-state index contributed by atoms with van der Waals surface area (Å²) in [5.41, 5.74) is 9.52. The van der Waals surface area contributed by atoms with E-state index < -0.39 is 0 Å². The number of hydrogen-bond acceptors (Lipinski definition) is 1. The number of benzene rings is 7. The third-order valence-corrected chi connectivity index (χ3v) is 12.1. The molecular formula is C47H43N. The molecule has 1 saturated carbocycles. The molecule has 1 aliphatic carbocycles. The van der Waals surface area contributed by atoms with Gasteiger partial charge in [-0.3, -0.25) is 0 Å². The van der Waals surface area contributed by atoms with E-state index in [0.29, 0.717) is 0 Å². The maximum atomic E-state index is 2.76. The summed E-state index contributed by atoms with van der Waals surface area (Å²) in [4.78, 5) is 2.76. The monoisotopic (exact) mass is 621 g/mol. The van der Waals surface area contributed by atoms with Gasteiger partial charge in [-0.2, -0.15) is 0 Å². The normalized spacial score (nSPS) is 20.7. The fraction of sp³-hybridized carbons (Fsp3) is 0.234. The molecule has 2 aliphatic rings. The Bertz CT molecular complexity index is 2300. The topological polar surface area (TPSA) is 3.24 Å². The third-order valence-electron chi connectivity index (χ3n) is 12.1. The summed E-state index contributed by atoms with van der Waals surface area (Å²) in [6.07, 6.45) is 4.93. The van der Waals surface area contributed by atoms with Crippen LogP contribution in [0.3, 0.4) is 0 Å². The quantitative estimate of drug-likeness (QED) is 0.177. The second kappa shape index (κ2) is 10.6. The summed E-state index contributed by atoms with van der Waals surface area (Å²) in [7, 11) is 0. The minimum Gasteiger partial charge on any atom is -0.334 e. The van der Waals surface area contributed by atoms with Crippen molar-refractivity contribution in [3.8, 4) is 22.3 Å². The molecule has 2 atom stereocenters. The Hall–Kier alpha value is -4.88. The molecule has 1 aliphatic heterocycles. The highest BCUT2D eigenvalue weighted by molar-refractivity contribution is 6.23. The molecule has 48 heavy (non-hydrogen) atoms. The largest absolute Gasteiger partial charge is 0.334 e. The van der Waals surface area contributed by atoms with Gasteiger partial charge in [0.1, 0.15) is 0 Å². The second-order valence-corrected chi connectivity index (χ2v) is 15.4. The highest BCUT2D eigenvalue weighted by atomic mass is 15.3. The number of anilines is 2. The van der Waals surface area contributed by atoms with Gasteiger partial charge in [-0.25, -0.2) is 0 Å². The molecule has 0 aromatic heterocycles. The summed E-state index contributed by atoms with van der Waals surface area (Å²) in [5.74, 6) is 0. The fourth-order valence-corrected chi connectivity index (χ4v) is 10.2. The van der Waals surface area contributed by atoms with Gasteiger partial charge in [0.2, 0.25) is 0 Å². The first-order chi connectivity index (χ1) is 23.3. The Balaban J connectivity index is 1.35. The molecular weight excluding hydrogens is 579 g/mol. The molecule has 9 rings (SSSR count). The molecule has 0 N–H and O–H groups in total. The lowest BCUT2D eigenvalue weighted by Crippen LogP contribution is -2.64. The lowest BCUT2D eigenvalue weighted by molar-refractivity contribution is 0.0608. The Morgan fingerprint density at radius 2 is 1.10 bits per heavy atom. The van der Waals surface area contributed by atoms with Gasteiger partial charge < -0.3 is 4.90 Å². The summed E-state index contributed by atoms with van der Waals surface area (Å²) >= 11 is 0. The molecule has 236 valence electrons. The molecule has 7 aromatic rings. The second-order valence-electron chi connectivity index (χ2n) is 15.4. The molecule has 1 heteroatoms. The van der Waals surface area contributed by atoms with Crippen LogP contribution in [-0.4, -0.2) is 5.54 Å². The zero-order chi connectivity index (χ0) is 32.7. The molecule has 0 spiro atoms. The molecule has 0 saturated heterocycles. The predicted molar refractivity (Wildman–Crippen MR) is 206 cm³/mol. The first-order valence-corrected chi connectivity index (χ1v) is 17.8. The van der Waals surface area contributed by atoms with Crippen LogP contribution >= 0.6 is 0 Å². The van der Waals surface area contributed by atoms with E-state index in [1.165, 1.54) is 97.2 Å². The van der Waals surface area contributed by atoms with E-state index in [-0.39, 0.29) is 16.4 Å². The lowest BCUT2D eigenvalue weighted by Gasteiger charge is -2.59. The maximum Gasteiger partial charge on any atom is 0.0594 e. The molecule has 1 fully saturated rings. The van der Waals surface area contributed by atoms with Gasteiger partial charge >= 0.3 is 0 Å². The standard InChI is InChI=1S/C47H43N/c1-45(2,3)47-30-15-14-29-46(47,4)41-31-33(27-28-42(41)48(47)34-19-6-5-7-20-34)43-37-22-10-12-24-39(37)44(40-25-13-11-23-38(40)43)36-26-16-18-32-17-8-9-21-35(32)36/h5-13,16-28,31H,14-15,29-30H2,1-4H3. The van der Waals surface area contributed by atoms with Crippen LogP contribution in [0.4, 0.5) is 11.4 Å². The smallest absolute Gasteiger partial charge is 0.0594 e. The molecule has 0 radical (unpaired) electrons. The number of nitrogens with zero attached hydrogens (tertiary/aromatic N) is 1. The fourth-order valence-electron chi connectivity index (χ4n) is 10.2. The van der Waals surface area contributed by atoms with Crippen LogP contribution in [0, 0.1) is 5.41 Å². The van der Waals surface area contributed by atoms with Crippen molar-refractivity contribution >= 4 is 43.7 Å². The van der Waals surface area contributed by atoms with Crippen LogP contribution in [0.15, 0.2) is 140 Å². The van der Waals surface area contributed by atoms with Crippen LogP contribution in [-0.2, 0) is 5.41 Å². The van der Waals surface area contributed by atoms with E-state index in [9.17, 15) is 0 Å². The Morgan fingerprint density at radius 1 is 0.542 bits per heavy atom. The maximum absolute atomic E-state index is 2.76. The van der Waals surface area contributed by atoms with Gasteiger partial charge in [0.25, 0.3) is 0 Å². The molecule has 0 amide bonds. The Kier molecular flexibility index (Phi) is 6.44. The van der Waals surface area contributed by atoms with Crippen LogP contribution in [0.5, 0.6) is 0 Å². The van der Waals surface area contributed by atoms with Crippen molar-refractivity contribution in [1.29, 1.82) is 0 Å². The summed E-state index contributed by atoms with van der Waals surface area (Å²) < 4.78 is 0. The molecule has 0 bridgehead atoms. The average molecular weight is 622 g/mol. The van der Waals surface area contributed by atoms with Crippen molar-refractivity contribution in [2.24, 2.45) is 5.41 Å². The summed E-state index contributed by atoms with van der Waals surface area (Å²) in [6.45, 7) is 10.0. The van der Waals surface area contributed by atoms with E-state index in [2.05, 4.69) is 172 Å². The van der Waals surface area contributed by atoms with Crippen molar-refractivity contribution in [1.82, 2.24) is 0 Å². The number of hydrogen-bond donors (Lipinski definition) is 0. The molecule has 1 nitrogen and oxygen atoms in total. The first kappa shape index (κ1) is 29.3. The van der Waals surface area contributed by atoms with Gasteiger partial charge in [-0.1, -0.05) is 156 Å². The summed E-state index contributed by atoms with van der Waals surface area (Å²) in [5, 5.41) is 7.81. The molecule has 1 heterocycles. The SMILES string of the molecule is CC(C)(C)C12CCCCC1(C)c1cc(-c3c4ccccc4c(-c4cccc5ccccc45)c4ccccc34)ccc1N2c1ccccc1. The zero-order valence-corrected chi connectivity index (χ0v) is 28.6. The van der Waals surface area contributed by atoms with E-state index >= 15 is 0 Å². The minimum absolute atomic E-state index is 0.0131. The number of para-hydroxylation sites is 1. The van der Waals surface area contributed by atoms with Crippen molar-refractivity contribution in [3.63, 3.8) is 0 Å². The highest BCUT2D eigenvalue weighted by Gasteiger charge is 2.65. The van der Waals surface area contributed by atoms with Crippen molar-refractivity contribution in [2.75, 3.05) is 4.90 Å². The lowest BCUT2D eigenvalue weighted by atomic mass is 9.52.